The van der Waals surface area contributed by atoms with Gasteiger partial charge in [0.2, 0.25) is 0 Å². The van der Waals surface area contributed by atoms with E-state index in [9.17, 15) is 4.79 Å². The van der Waals surface area contributed by atoms with Gasteiger partial charge in [-0.2, -0.15) is 0 Å². The van der Waals surface area contributed by atoms with Crippen molar-refractivity contribution in [3.63, 3.8) is 0 Å². The molecule has 4 nitrogen and oxygen atoms in total. The van der Waals surface area contributed by atoms with Gasteiger partial charge < -0.3 is 9.84 Å². The molecule has 128 valence electrons. The minimum atomic E-state index is -0.125. The maximum absolute atomic E-state index is 12.7. The maximum atomic E-state index is 12.7. The highest BCUT2D eigenvalue weighted by Gasteiger charge is 2.14. The number of benzene rings is 2. The van der Waals surface area contributed by atoms with E-state index in [0.29, 0.717) is 11.3 Å². The summed E-state index contributed by atoms with van der Waals surface area (Å²) < 4.78 is 6.13. The monoisotopic (exact) mass is 416 g/mol. The minimum absolute atomic E-state index is 0.125. The SMILES string of the molecule is Cc1noc(C)c1CSc1ccccc1C(=O)Nc1cccc(Br)c1. The highest BCUT2D eigenvalue weighted by atomic mass is 79.9. The third-order valence-electron chi connectivity index (χ3n) is 3.77. The number of hydrogen-bond acceptors (Lipinski definition) is 4. The fourth-order valence-electron chi connectivity index (χ4n) is 2.40. The molecule has 3 aromatic rings. The minimum Gasteiger partial charge on any atom is -0.361 e. The number of rotatable bonds is 5. The molecule has 6 heteroatoms. The topological polar surface area (TPSA) is 55.1 Å². The van der Waals surface area contributed by atoms with Gasteiger partial charge in [-0.05, 0) is 44.2 Å². The number of aryl methyl sites for hydroxylation is 2. The summed E-state index contributed by atoms with van der Waals surface area (Å²) in [6, 6.07) is 15.1. The maximum Gasteiger partial charge on any atom is 0.256 e. The molecule has 0 aliphatic heterocycles. The molecule has 3 rings (SSSR count). The number of aromatic nitrogens is 1. The number of amides is 1. The van der Waals surface area contributed by atoms with E-state index in [-0.39, 0.29) is 5.91 Å². The first kappa shape index (κ1) is 17.8. The van der Waals surface area contributed by atoms with Crippen LogP contribution in [0.5, 0.6) is 0 Å². The van der Waals surface area contributed by atoms with E-state index in [4.69, 9.17) is 4.52 Å². The van der Waals surface area contributed by atoms with Gasteiger partial charge in [-0.1, -0.05) is 39.3 Å². The summed E-state index contributed by atoms with van der Waals surface area (Å²) in [6.07, 6.45) is 0. The first-order valence-electron chi connectivity index (χ1n) is 7.75. The van der Waals surface area contributed by atoms with Gasteiger partial charge in [0, 0.05) is 26.4 Å². The van der Waals surface area contributed by atoms with E-state index in [1.54, 1.807) is 11.8 Å². The number of halogens is 1. The van der Waals surface area contributed by atoms with Crippen LogP contribution in [0, 0.1) is 13.8 Å². The number of carbonyl (C=O) groups excluding carboxylic acids is 1. The summed E-state index contributed by atoms with van der Waals surface area (Å²) >= 11 is 5.02. The second-order valence-corrected chi connectivity index (χ2v) is 7.48. The summed E-state index contributed by atoms with van der Waals surface area (Å²) in [5.74, 6) is 1.41. The number of thioether (sulfide) groups is 1. The average Bonchev–Trinajstić information content (AvgIpc) is 2.91. The molecule has 25 heavy (non-hydrogen) atoms. The number of carbonyl (C=O) groups is 1. The molecule has 0 unspecified atom stereocenters. The van der Waals surface area contributed by atoms with Crippen LogP contribution in [0.2, 0.25) is 0 Å². The molecule has 0 fully saturated rings. The molecule has 0 spiro atoms. The molecule has 0 bridgehead atoms. The summed E-state index contributed by atoms with van der Waals surface area (Å²) in [7, 11) is 0. The molecule has 0 radical (unpaired) electrons. The number of nitrogens with one attached hydrogen (secondary N) is 1. The third kappa shape index (κ3) is 4.32. The van der Waals surface area contributed by atoms with Gasteiger partial charge in [-0.15, -0.1) is 11.8 Å². The lowest BCUT2D eigenvalue weighted by atomic mass is 10.2. The number of anilines is 1. The predicted octanol–water partition coefficient (Wildman–Crippen LogP) is 5.60. The Morgan fingerprint density at radius 2 is 2.00 bits per heavy atom. The molecule has 1 aromatic heterocycles. The van der Waals surface area contributed by atoms with E-state index in [0.717, 1.165) is 32.1 Å². The van der Waals surface area contributed by atoms with Crippen molar-refractivity contribution in [2.75, 3.05) is 5.32 Å². The van der Waals surface area contributed by atoms with E-state index in [2.05, 4.69) is 26.4 Å². The summed E-state index contributed by atoms with van der Waals surface area (Å²) in [5.41, 5.74) is 3.37. The fourth-order valence-corrected chi connectivity index (χ4v) is 4.00. The fraction of sp³-hybridized carbons (Fsp3) is 0.158. The lowest BCUT2D eigenvalue weighted by Crippen LogP contribution is -2.12. The Bertz CT molecular complexity index is 888. The van der Waals surface area contributed by atoms with E-state index in [1.165, 1.54) is 0 Å². The Labute approximate surface area is 159 Å². The van der Waals surface area contributed by atoms with Crippen molar-refractivity contribution in [1.82, 2.24) is 5.16 Å². The van der Waals surface area contributed by atoms with Crippen LogP contribution in [-0.4, -0.2) is 11.1 Å². The zero-order chi connectivity index (χ0) is 17.8. The van der Waals surface area contributed by atoms with Crippen LogP contribution >= 0.6 is 27.7 Å². The third-order valence-corrected chi connectivity index (χ3v) is 5.36. The van der Waals surface area contributed by atoms with Gasteiger partial charge in [0.25, 0.3) is 5.91 Å². The zero-order valence-corrected chi connectivity index (χ0v) is 16.3. The van der Waals surface area contributed by atoms with Gasteiger partial charge in [0.1, 0.15) is 5.76 Å². The predicted molar refractivity (Wildman–Crippen MR) is 104 cm³/mol. The Balaban J connectivity index is 1.77. The van der Waals surface area contributed by atoms with Crippen LogP contribution in [0.1, 0.15) is 27.4 Å². The van der Waals surface area contributed by atoms with Gasteiger partial charge in [0.15, 0.2) is 0 Å². The molecule has 0 saturated carbocycles. The van der Waals surface area contributed by atoms with Gasteiger partial charge >= 0.3 is 0 Å². The smallest absolute Gasteiger partial charge is 0.256 e. The van der Waals surface area contributed by atoms with E-state index >= 15 is 0 Å². The van der Waals surface area contributed by atoms with Crippen molar-refractivity contribution >= 4 is 39.3 Å². The molecule has 1 amide bonds. The molecule has 2 aromatic carbocycles. The Hall–Kier alpha value is -2.05. The van der Waals surface area contributed by atoms with Crippen LogP contribution in [0.4, 0.5) is 5.69 Å². The lowest BCUT2D eigenvalue weighted by Gasteiger charge is -2.10. The molecule has 0 aliphatic rings. The quantitative estimate of drug-likeness (QED) is 0.549. The Kier molecular flexibility index (Phi) is 5.60. The molecule has 1 N–H and O–H groups in total. The Morgan fingerprint density at radius 3 is 2.72 bits per heavy atom. The molecule has 1 heterocycles. The van der Waals surface area contributed by atoms with Gasteiger partial charge in [0.05, 0.1) is 11.3 Å². The van der Waals surface area contributed by atoms with Crippen molar-refractivity contribution in [2.45, 2.75) is 24.5 Å². The summed E-state index contributed by atoms with van der Waals surface area (Å²) in [5, 5.41) is 6.92. The highest BCUT2D eigenvalue weighted by Crippen LogP contribution is 2.29. The molecular weight excluding hydrogens is 400 g/mol. The van der Waals surface area contributed by atoms with Crippen LogP contribution in [0.25, 0.3) is 0 Å². The van der Waals surface area contributed by atoms with Crippen LogP contribution in [0.3, 0.4) is 0 Å². The van der Waals surface area contributed by atoms with E-state index < -0.39 is 0 Å². The molecule has 0 aliphatic carbocycles. The first-order valence-corrected chi connectivity index (χ1v) is 9.53. The largest absolute Gasteiger partial charge is 0.361 e. The Morgan fingerprint density at radius 1 is 1.20 bits per heavy atom. The van der Waals surface area contributed by atoms with Crippen molar-refractivity contribution in [2.24, 2.45) is 0 Å². The van der Waals surface area contributed by atoms with Crippen LogP contribution in [0.15, 0.2) is 62.4 Å². The van der Waals surface area contributed by atoms with Crippen molar-refractivity contribution in [3.05, 3.63) is 75.6 Å². The van der Waals surface area contributed by atoms with E-state index in [1.807, 2.05) is 62.4 Å². The van der Waals surface area contributed by atoms with Crippen molar-refractivity contribution in [3.8, 4) is 0 Å². The zero-order valence-electron chi connectivity index (χ0n) is 13.9. The standard InChI is InChI=1S/C19H17BrN2O2S/c1-12-17(13(2)24-22-12)11-25-18-9-4-3-8-16(18)19(23)21-15-7-5-6-14(20)10-15/h3-10H,11H2,1-2H3,(H,21,23). The summed E-state index contributed by atoms with van der Waals surface area (Å²) in [4.78, 5) is 13.6. The molecular formula is C19H17BrN2O2S. The second-order valence-electron chi connectivity index (χ2n) is 5.55. The summed E-state index contributed by atoms with van der Waals surface area (Å²) in [6.45, 7) is 3.83. The lowest BCUT2D eigenvalue weighted by molar-refractivity contribution is 0.102. The number of hydrogen-bond donors (Lipinski definition) is 1. The van der Waals surface area contributed by atoms with Crippen molar-refractivity contribution in [1.29, 1.82) is 0 Å². The molecule has 0 saturated heterocycles. The number of nitrogens with zero attached hydrogens (tertiary/aromatic N) is 1. The second kappa shape index (κ2) is 7.89. The first-order chi connectivity index (χ1) is 12.0. The normalized spacial score (nSPS) is 10.7. The van der Waals surface area contributed by atoms with Crippen LogP contribution < -0.4 is 5.32 Å². The van der Waals surface area contributed by atoms with Crippen molar-refractivity contribution < 1.29 is 9.32 Å². The average molecular weight is 417 g/mol. The molecule has 0 atom stereocenters. The van der Waals surface area contributed by atoms with Gasteiger partial charge in [-0.25, -0.2) is 0 Å². The highest BCUT2D eigenvalue weighted by molar-refractivity contribution is 9.10. The van der Waals surface area contributed by atoms with Crippen LogP contribution in [-0.2, 0) is 5.75 Å². The van der Waals surface area contributed by atoms with Gasteiger partial charge in [-0.3, -0.25) is 4.79 Å².